The lowest BCUT2D eigenvalue weighted by Crippen LogP contribution is -2.42. The van der Waals surface area contributed by atoms with Gasteiger partial charge in [-0.25, -0.2) is 4.39 Å². The summed E-state index contributed by atoms with van der Waals surface area (Å²) in [6.07, 6.45) is 0. The average molecular weight is 458 g/mol. The van der Waals surface area contributed by atoms with Gasteiger partial charge in [-0.2, -0.15) is 0 Å². The minimum atomic E-state index is -0.702. The maximum Gasteiger partial charge on any atom is 0.290 e. The van der Waals surface area contributed by atoms with Gasteiger partial charge in [0.25, 0.3) is 5.91 Å². The van der Waals surface area contributed by atoms with Gasteiger partial charge in [0.15, 0.2) is 5.43 Å². The quantitative estimate of drug-likeness (QED) is 0.433. The molecule has 1 fully saturated rings. The third-order valence-electron chi connectivity index (χ3n) is 6.78. The summed E-state index contributed by atoms with van der Waals surface area (Å²) >= 11 is 0. The van der Waals surface area contributed by atoms with Gasteiger partial charge in [0.1, 0.15) is 11.4 Å². The number of rotatable bonds is 4. The van der Waals surface area contributed by atoms with Crippen molar-refractivity contribution in [3.8, 4) is 0 Å². The Balaban J connectivity index is 1.51. The average Bonchev–Trinajstić information content (AvgIpc) is 3.15. The van der Waals surface area contributed by atoms with Crippen molar-refractivity contribution in [2.24, 2.45) is 0 Å². The van der Waals surface area contributed by atoms with Crippen molar-refractivity contribution in [3.63, 3.8) is 0 Å². The number of hydrogen-bond acceptors (Lipinski definition) is 5. The number of halogens is 1. The monoisotopic (exact) mass is 458 g/mol. The first-order chi connectivity index (χ1) is 16.6. The van der Waals surface area contributed by atoms with E-state index >= 15 is 0 Å². The number of hydrogen-bond donors (Lipinski definition) is 0. The maximum atomic E-state index is 14.2. The summed E-state index contributed by atoms with van der Waals surface area (Å²) < 4.78 is 25.8. The zero-order valence-corrected chi connectivity index (χ0v) is 18.5. The third-order valence-corrected chi connectivity index (χ3v) is 6.78. The normalized spacial score (nSPS) is 18.7. The molecule has 1 aromatic heterocycles. The van der Waals surface area contributed by atoms with Crippen LogP contribution in [0.25, 0.3) is 21.7 Å². The van der Waals surface area contributed by atoms with Crippen molar-refractivity contribution in [2.45, 2.75) is 6.04 Å². The summed E-state index contributed by atoms with van der Waals surface area (Å²) in [5.74, 6) is -0.711. The molecule has 1 saturated heterocycles. The molecule has 1 atom stereocenters. The fraction of sp³-hybridized carbons (Fsp3) is 0.259. The zero-order valence-electron chi connectivity index (χ0n) is 18.5. The SMILES string of the molecule is O=C1c2oc3c(ccc4ccccc43)c(=O)c2C(c2cccc(F)c2)N1CCN1CCOCC1. The Bertz CT molecular complexity index is 1480. The van der Waals surface area contributed by atoms with E-state index in [-0.39, 0.29) is 22.7 Å². The number of carbonyl (C=O) groups excluding carboxylic acids is 1. The minimum absolute atomic E-state index is 0.0464. The van der Waals surface area contributed by atoms with Crippen molar-refractivity contribution in [2.75, 3.05) is 39.4 Å². The second-order valence-corrected chi connectivity index (χ2v) is 8.75. The molecule has 4 aromatic rings. The molecule has 2 aliphatic rings. The van der Waals surface area contributed by atoms with Crippen LogP contribution in [0.15, 0.2) is 69.9 Å². The number of nitrogens with zero attached hydrogens (tertiary/aromatic N) is 2. The van der Waals surface area contributed by atoms with Crippen LogP contribution in [0.5, 0.6) is 0 Å². The molecule has 7 heteroatoms. The highest BCUT2D eigenvalue weighted by molar-refractivity contribution is 6.06. The lowest BCUT2D eigenvalue weighted by atomic mass is 9.97. The molecule has 0 bridgehead atoms. The van der Waals surface area contributed by atoms with Crippen molar-refractivity contribution in [1.29, 1.82) is 0 Å². The molecule has 6 nitrogen and oxygen atoms in total. The minimum Gasteiger partial charge on any atom is -0.450 e. The first-order valence-corrected chi connectivity index (χ1v) is 11.5. The molecule has 1 amide bonds. The van der Waals surface area contributed by atoms with Crippen LogP contribution in [0.3, 0.4) is 0 Å². The third kappa shape index (κ3) is 3.40. The van der Waals surface area contributed by atoms with Gasteiger partial charge in [-0.1, -0.05) is 42.5 Å². The van der Waals surface area contributed by atoms with Crippen LogP contribution >= 0.6 is 0 Å². The molecule has 2 aliphatic heterocycles. The highest BCUT2D eigenvalue weighted by Crippen LogP contribution is 2.39. The number of benzene rings is 3. The Labute approximate surface area is 195 Å². The van der Waals surface area contributed by atoms with Crippen molar-refractivity contribution >= 4 is 27.6 Å². The largest absolute Gasteiger partial charge is 0.450 e. The molecule has 6 rings (SSSR count). The van der Waals surface area contributed by atoms with Crippen LogP contribution < -0.4 is 5.43 Å². The van der Waals surface area contributed by atoms with Gasteiger partial charge in [0.2, 0.25) is 5.76 Å². The number of amides is 1. The van der Waals surface area contributed by atoms with Crippen LogP contribution in [0.4, 0.5) is 4.39 Å². The van der Waals surface area contributed by atoms with Crippen LogP contribution in [0.2, 0.25) is 0 Å². The van der Waals surface area contributed by atoms with E-state index in [1.54, 1.807) is 23.1 Å². The highest BCUT2D eigenvalue weighted by Gasteiger charge is 2.43. The molecule has 34 heavy (non-hydrogen) atoms. The molecular formula is C27H23FN2O4. The van der Waals surface area contributed by atoms with E-state index in [4.69, 9.17) is 9.15 Å². The molecule has 172 valence electrons. The Hall–Kier alpha value is -3.55. The molecular weight excluding hydrogens is 435 g/mol. The summed E-state index contributed by atoms with van der Waals surface area (Å²) in [6, 6.07) is 16.6. The highest BCUT2D eigenvalue weighted by atomic mass is 19.1. The van der Waals surface area contributed by atoms with Crippen LogP contribution in [0.1, 0.15) is 27.7 Å². The van der Waals surface area contributed by atoms with Gasteiger partial charge in [-0.05, 0) is 29.1 Å². The fourth-order valence-corrected chi connectivity index (χ4v) is 5.08. The van der Waals surface area contributed by atoms with E-state index in [2.05, 4.69) is 4.90 Å². The number of ether oxygens (including phenoxy) is 1. The summed E-state index contributed by atoms with van der Waals surface area (Å²) in [7, 11) is 0. The van der Waals surface area contributed by atoms with E-state index in [1.165, 1.54) is 12.1 Å². The van der Waals surface area contributed by atoms with Crippen LogP contribution in [-0.4, -0.2) is 55.1 Å². The fourth-order valence-electron chi connectivity index (χ4n) is 5.08. The lowest BCUT2D eigenvalue weighted by Gasteiger charge is -2.31. The zero-order chi connectivity index (χ0) is 23.2. The van der Waals surface area contributed by atoms with Gasteiger partial charge < -0.3 is 14.1 Å². The number of carbonyl (C=O) groups is 1. The van der Waals surface area contributed by atoms with Crippen molar-refractivity contribution in [1.82, 2.24) is 9.80 Å². The Morgan fingerprint density at radius 3 is 2.56 bits per heavy atom. The molecule has 0 radical (unpaired) electrons. The van der Waals surface area contributed by atoms with Gasteiger partial charge in [-0.3, -0.25) is 14.5 Å². The van der Waals surface area contributed by atoms with Crippen LogP contribution in [-0.2, 0) is 4.74 Å². The van der Waals surface area contributed by atoms with Gasteiger partial charge in [-0.15, -0.1) is 0 Å². The summed E-state index contributed by atoms with van der Waals surface area (Å²) in [4.78, 5) is 31.3. The number of morpholine rings is 1. The standard InChI is InChI=1S/C27H23FN2O4/c28-19-6-3-5-18(16-19)23-22-24(31)21-9-8-17-4-1-2-7-20(17)25(21)34-26(22)27(32)30(23)11-10-29-12-14-33-15-13-29/h1-9,16,23H,10-15H2. The maximum absolute atomic E-state index is 14.2. The van der Waals surface area contributed by atoms with Gasteiger partial charge in [0, 0.05) is 31.6 Å². The van der Waals surface area contributed by atoms with E-state index < -0.39 is 11.9 Å². The Morgan fingerprint density at radius 2 is 1.74 bits per heavy atom. The first-order valence-electron chi connectivity index (χ1n) is 11.5. The second kappa shape index (κ2) is 8.34. The summed E-state index contributed by atoms with van der Waals surface area (Å²) in [5, 5.41) is 2.12. The number of fused-ring (bicyclic) bond motifs is 4. The molecule has 3 heterocycles. The summed E-state index contributed by atoms with van der Waals surface area (Å²) in [5.41, 5.74) is 0.989. The lowest BCUT2D eigenvalue weighted by molar-refractivity contribution is 0.0314. The predicted octanol–water partition coefficient (Wildman–Crippen LogP) is 3.96. The van der Waals surface area contributed by atoms with Gasteiger partial charge in [0.05, 0.1) is 30.2 Å². The van der Waals surface area contributed by atoms with E-state index in [0.29, 0.717) is 42.8 Å². The Morgan fingerprint density at radius 1 is 0.912 bits per heavy atom. The smallest absolute Gasteiger partial charge is 0.290 e. The topological polar surface area (TPSA) is 63.0 Å². The van der Waals surface area contributed by atoms with E-state index in [9.17, 15) is 14.0 Å². The van der Waals surface area contributed by atoms with E-state index in [0.717, 1.165) is 23.9 Å². The van der Waals surface area contributed by atoms with Crippen molar-refractivity contribution in [3.05, 3.63) is 93.6 Å². The molecule has 0 N–H and O–H groups in total. The van der Waals surface area contributed by atoms with Crippen LogP contribution in [0, 0.1) is 5.82 Å². The molecule has 1 unspecified atom stereocenters. The molecule has 0 saturated carbocycles. The second-order valence-electron chi connectivity index (χ2n) is 8.75. The molecule has 3 aromatic carbocycles. The Kier molecular flexibility index (Phi) is 5.16. The first kappa shape index (κ1) is 21.0. The van der Waals surface area contributed by atoms with E-state index in [1.807, 2.05) is 30.3 Å². The van der Waals surface area contributed by atoms with Gasteiger partial charge >= 0.3 is 0 Å². The molecule has 0 aliphatic carbocycles. The molecule has 0 spiro atoms. The van der Waals surface area contributed by atoms with Crippen molar-refractivity contribution < 1.29 is 18.3 Å². The predicted molar refractivity (Wildman–Crippen MR) is 127 cm³/mol. The summed E-state index contributed by atoms with van der Waals surface area (Å²) in [6.45, 7) is 3.89.